The van der Waals surface area contributed by atoms with Crippen molar-refractivity contribution in [1.29, 1.82) is 0 Å². The van der Waals surface area contributed by atoms with Crippen LogP contribution in [0.3, 0.4) is 0 Å². The van der Waals surface area contributed by atoms with Crippen LogP contribution in [0, 0.1) is 0 Å². The maximum absolute atomic E-state index is 11.2. The van der Waals surface area contributed by atoms with Gasteiger partial charge in [-0.15, -0.1) is 0 Å². The Balaban J connectivity index is -0.000000187. The van der Waals surface area contributed by atoms with Crippen LogP contribution in [0.25, 0.3) is 0 Å². The van der Waals surface area contributed by atoms with Crippen molar-refractivity contribution in [2.45, 2.75) is 64.9 Å². The Morgan fingerprint density at radius 2 is 1.78 bits per heavy atom. The molecule has 4 nitrogen and oxygen atoms in total. The molecule has 6 heteroatoms. The molecule has 0 aliphatic rings. The third kappa shape index (κ3) is 14.6. The van der Waals surface area contributed by atoms with Crippen molar-refractivity contribution in [3.8, 4) is 0 Å². The van der Waals surface area contributed by atoms with Gasteiger partial charge >= 0.3 is 60.4 Å². The van der Waals surface area contributed by atoms with Crippen molar-refractivity contribution < 1.29 is 70.7 Å². The maximum Gasteiger partial charge on any atom is 1.00 e. The number of carboxylic acid groups (broad SMARTS) is 1. The van der Waals surface area contributed by atoms with Crippen molar-refractivity contribution in [2.75, 3.05) is 0 Å². The first kappa shape index (κ1) is 23.6. The smallest absolute Gasteiger partial charge is 1.00 e. The van der Waals surface area contributed by atoms with E-state index in [1.807, 2.05) is 13.8 Å². The van der Waals surface area contributed by atoms with E-state index in [1.165, 1.54) is 12.8 Å². The van der Waals surface area contributed by atoms with Crippen LogP contribution in [0.2, 0.25) is 0 Å². The van der Waals surface area contributed by atoms with Gasteiger partial charge in [0.05, 0.1) is 0 Å². The van der Waals surface area contributed by atoms with Crippen LogP contribution in [0.1, 0.15) is 62.1 Å². The van der Waals surface area contributed by atoms with Gasteiger partial charge in [-0.3, -0.25) is 9.59 Å². The van der Waals surface area contributed by atoms with Gasteiger partial charge in [0.1, 0.15) is 12.0 Å². The van der Waals surface area contributed by atoms with Gasteiger partial charge in [-0.25, -0.2) is 0 Å². The van der Waals surface area contributed by atoms with Crippen LogP contribution in [-0.2, 0) is 14.3 Å². The molecule has 98 valence electrons. The van der Waals surface area contributed by atoms with Crippen molar-refractivity contribution in [2.24, 2.45) is 0 Å². The van der Waals surface area contributed by atoms with Gasteiger partial charge in [-0.05, 0) is 26.7 Å². The van der Waals surface area contributed by atoms with Gasteiger partial charge < -0.3 is 12.7 Å². The first-order chi connectivity index (χ1) is 7.37. The minimum atomic E-state index is -1.15. The molecule has 0 unspecified atom stereocenters. The quantitative estimate of drug-likeness (QED) is 0.219. The van der Waals surface area contributed by atoms with E-state index in [9.17, 15) is 9.59 Å². The molecule has 0 aromatic rings. The molecule has 0 radical (unpaired) electrons. The molecule has 0 heterocycles. The van der Waals surface area contributed by atoms with Crippen LogP contribution < -0.4 is 48.4 Å². The fourth-order valence-electron chi connectivity index (χ4n) is 1.50. The number of rotatable bonds is 8. The summed E-state index contributed by atoms with van der Waals surface area (Å²) < 4.78 is 5.11. The van der Waals surface area contributed by atoms with Crippen molar-refractivity contribution in [1.82, 2.24) is 0 Å². The number of carbonyl (C=O) groups is 2. The molecule has 0 bridgehead atoms. The fraction of sp³-hybridized carbons (Fsp3) is 0.833. The van der Waals surface area contributed by atoms with E-state index in [-0.39, 0.29) is 51.3 Å². The van der Waals surface area contributed by atoms with Gasteiger partial charge in [0, 0.05) is 0 Å². The zero-order valence-electron chi connectivity index (χ0n) is 14.4. The van der Waals surface area contributed by atoms with Crippen LogP contribution in [0.5, 0.6) is 0 Å². The second-order valence-corrected chi connectivity index (χ2v) is 4.61. The zero-order chi connectivity index (χ0) is 12.6. The summed E-state index contributed by atoms with van der Waals surface area (Å²) in [6, 6.07) is 0. The largest absolute Gasteiger partial charge is 1.00 e. The van der Waals surface area contributed by atoms with Crippen molar-refractivity contribution in [3.63, 3.8) is 0 Å². The number of hydrogen-bond acceptors (Lipinski definition) is 3. The molecule has 0 aliphatic heterocycles. The topological polar surface area (TPSA) is 63.6 Å². The Morgan fingerprint density at radius 1 is 1.22 bits per heavy atom. The number of ether oxygens (including phenoxy) is 1. The summed E-state index contributed by atoms with van der Waals surface area (Å²) in [4.78, 5) is 21.4. The molecule has 0 atom stereocenters. The first-order valence-corrected chi connectivity index (χ1v) is 5.81. The second kappa shape index (κ2) is 12.6. The van der Waals surface area contributed by atoms with Crippen LogP contribution in [-0.4, -0.2) is 22.6 Å². The van der Waals surface area contributed by atoms with Gasteiger partial charge in [-0.1, -0.05) is 26.2 Å². The van der Waals surface area contributed by atoms with E-state index in [4.69, 9.17) is 9.84 Å². The normalized spacial score (nSPS) is 9.94. The minimum absolute atomic E-state index is 0. The summed E-state index contributed by atoms with van der Waals surface area (Å²) in [5.74, 6) is -1.81. The van der Waals surface area contributed by atoms with Crippen molar-refractivity contribution >= 4 is 11.9 Å². The SMILES string of the molecule is CCCCCCC(C)(C)OC(=O)CC(=O)O.[H-].[H-].[Li+].[Na+]. The van der Waals surface area contributed by atoms with E-state index in [2.05, 4.69) is 6.92 Å². The fourth-order valence-corrected chi connectivity index (χ4v) is 1.50. The Hall–Kier alpha value is 0.537. The Labute approximate surface area is 147 Å². The van der Waals surface area contributed by atoms with Crippen LogP contribution in [0.4, 0.5) is 0 Å². The van der Waals surface area contributed by atoms with Gasteiger partial charge in [0.2, 0.25) is 0 Å². The van der Waals surface area contributed by atoms with Crippen molar-refractivity contribution in [3.05, 3.63) is 0 Å². The molecule has 0 aliphatic carbocycles. The molecule has 0 spiro atoms. The monoisotopic (exact) mass is 262 g/mol. The molecule has 0 aromatic carbocycles. The average molecular weight is 262 g/mol. The Kier molecular flexibility index (Phi) is 16.5. The number of aliphatic carboxylic acids is 1. The molecular weight excluding hydrogens is 238 g/mol. The number of esters is 1. The average Bonchev–Trinajstić information content (AvgIpc) is 2.10. The zero-order valence-corrected chi connectivity index (χ0v) is 14.4. The summed E-state index contributed by atoms with van der Waals surface area (Å²) in [6.45, 7) is 5.77. The number of carbonyl (C=O) groups excluding carboxylic acids is 1. The molecule has 0 fully saturated rings. The summed E-state index contributed by atoms with van der Waals surface area (Å²) >= 11 is 0. The molecule has 0 amide bonds. The first-order valence-electron chi connectivity index (χ1n) is 5.81. The molecule has 0 saturated heterocycles. The molecule has 0 saturated carbocycles. The predicted octanol–water partition coefficient (Wildman–Crippen LogP) is -3.01. The molecule has 0 rings (SSSR count). The van der Waals surface area contributed by atoms with Gasteiger partial charge in [-0.2, -0.15) is 0 Å². The maximum atomic E-state index is 11.2. The Morgan fingerprint density at radius 3 is 2.22 bits per heavy atom. The summed E-state index contributed by atoms with van der Waals surface area (Å²) in [6.07, 6.45) is 4.69. The number of hydrogen-bond donors (Lipinski definition) is 1. The van der Waals surface area contributed by atoms with E-state index in [0.29, 0.717) is 0 Å². The third-order valence-electron chi connectivity index (χ3n) is 2.32. The van der Waals surface area contributed by atoms with Crippen LogP contribution >= 0.6 is 0 Å². The molecule has 18 heavy (non-hydrogen) atoms. The standard InChI is InChI=1S/C12H22O4.Li.Na.2H/c1-4-5-6-7-8-12(2,3)16-11(15)9-10(13)14;;;;/h4-9H2,1-3H3,(H,13,14);;;;/q;2*+1;2*-1. The van der Waals surface area contributed by atoms with E-state index in [0.717, 1.165) is 19.3 Å². The van der Waals surface area contributed by atoms with Gasteiger partial charge in [0.25, 0.3) is 0 Å². The number of unbranched alkanes of at least 4 members (excludes halogenated alkanes) is 3. The van der Waals surface area contributed by atoms with E-state index >= 15 is 0 Å². The minimum Gasteiger partial charge on any atom is -1.00 e. The van der Waals surface area contributed by atoms with Crippen LogP contribution in [0.15, 0.2) is 0 Å². The number of carboxylic acids is 1. The predicted molar refractivity (Wildman–Crippen MR) is 63.4 cm³/mol. The molecule has 0 aromatic heterocycles. The van der Waals surface area contributed by atoms with E-state index in [1.54, 1.807) is 0 Å². The van der Waals surface area contributed by atoms with Gasteiger partial charge in [0.15, 0.2) is 0 Å². The second-order valence-electron chi connectivity index (χ2n) is 4.61. The third-order valence-corrected chi connectivity index (χ3v) is 2.32. The molecular formula is C12H24LiNaO4. The summed E-state index contributed by atoms with van der Waals surface area (Å²) in [7, 11) is 0. The summed E-state index contributed by atoms with van der Waals surface area (Å²) in [5, 5.41) is 8.43. The molecule has 1 N–H and O–H groups in total. The Bertz CT molecular complexity index is 254. The van der Waals surface area contributed by atoms with E-state index < -0.39 is 24.0 Å². The summed E-state index contributed by atoms with van der Waals surface area (Å²) in [5.41, 5.74) is -0.555.